The number of carbonyl (C=O) groups excluding carboxylic acids is 1. The summed E-state index contributed by atoms with van der Waals surface area (Å²) in [5.74, 6) is 0.231. The second kappa shape index (κ2) is 3.33. The molecule has 0 bridgehead atoms. The minimum absolute atomic E-state index is 0.186. The van der Waals surface area contributed by atoms with Gasteiger partial charge in [0.1, 0.15) is 12.7 Å². The SMILES string of the molecule is CC(=O)Nc1ncnc2c1ncn2Br. The van der Waals surface area contributed by atoms with Crippen molar-refractivity contribution < 1.29 is 4.79 Å². The molecule has 0 saturated heterocycles. The minimum Gasteiger partial charge on any atom is -0.309 e. The monoisotopic (exact) mass is 255 g/mol. The Bertz CT molecular complexity index is 494. The number of aromatic nitrogens is 4. The van der Waals surface area contributed by atoms with Gasteiger partial charge in [-0.1, -0.05) is 0 Å². The van der Waals surface area contributed by atoms with Crippen molar-refractivity contribution in [3.8, 4) is 0 Å². The number of nitrogens with zero attached hydrogens (tertiary/aromatic N) is 4. The summed E-state index contributed by atoms with van der Waals surface area (Å²) in [6.45, 7) is 1.42. The van der Waals surface area contributed by atoms with Gasteiger partial charge in [-0.05, 0) is 0 Å². The van der Waals surface area contributed by atoms with Crippen LogP contribution in [0.2, 0.25) is 0 Å². The molecule has 0 aliphatic heterocycles. The van der Waals surface area contributed by atoms with Crippen LogP contribution in [0.4, 0.5) is 5.82 Å². The summed E-state index contributed by atoms with van der Waals surface area (Å²) >= 11 is 3.22. The average Bonchev–Trinajstić information content (AvgIpc) is 2.49. The first-order chi connectivity index (χ1) is 6.68. The first-order valence-corrected chi connectivity index (χ1v) is 4.51. The summed E-state index contributed by atoms with van der Waals surface area (Å²) in [6, 6.07) is 0. The summed E-state index contributed by atoms with van der Waals surface area (Å²) in [6.07, 6.45) is 2.91. The summed E-state index contributed by atoms with van der Waals surface area (Å²) in [5, 5.41) is 2.57. The highest BCUT2D eigenvalue weighted by Gasteiger charge is 2.09. The standard InChI is InChI=1S/C7H6BrN5O/c1-4(14)12-6-5-7(10-2-9-6)13(8)3-11-5/h2-3H,1H3,(H,9,10,12,14). The van der Waals surface area contributed by atoms with E-state index in [-0.39, 0.29) is 5.91 Å². The Labute approximate surface area is 87.7 Å². The third kappa shape index (κ3) is 1.46. The number of hydrogen-bond donors (Lipinski definition) is 1. The topological polar surface area (TPSA) is 72.7 Å². The lowest BCUT2D eigenvalue weighted by molar-refractivity contribution is -0.114. The van der Waals surface area contributed by atoms with Crippen LogP contribution in [0.3, 0.4) is 0 Å². The molecule has 0 aliphatic rings. The number of fused-ring (bicyclic) bond motifs is 1. The molecule has 0 radical (unpaired) electrons. The molecular formula is C7H6BrN5O. The maximum atomic E-state index is 10.8. The van der Waals surface area contributed by atoms with Gasteiger partial charge in [0, 0.05) is 6.92 Å². The number of rotatable bonds is 1. The molecule has 0 fully saturated rings. The van der Waals surface area contributed by atoms with Gasteiger partial charge in [-0.25, -0.2) is 18.5 Å². The molecule has 2 rings (SSSR count). The number of hydrogen-bond acceptors (Lipinski definition) is 4. The molecule has 0 spiro atoms. The zero-order valence-electron chi connectivity index (χ0n) is 7.23. The first kappa shape index (κ1) is 9.07. The van der Waals surface area contributed by atoms with Crippen LogP contribution in [0.5, 0.6) is 0 Å². The van der Waals surface area contributed by atoms with Gasteiger partial charge in [-0.15, -0.1) is 0 Å². The predicted molar refractivity (Wildman–Crippen MR) is 54.0 cm³/mol. The van der Waals surface area contributed by atoms with Crippen LogP contribution in [0.15, 0.2) is 12.7 Å². The van der Waals surface area contributed by atoms with Gasteiger partial charge >= 0.3 is 0 Å². The third-order valence-electron chi connectivity index (χ3n) is 1.59. The Hall–Kier alpha value is -1.50. The highest BCUT2D eigenvalue weighted by Crippen LogP contribution is 2.18. The van der Waals surface area contributed by atoms with Crippen LogP contribution in [0.25, 0.3) is 11.2 Å². The summed E-state index contributed by atoms with van der Waals surface area (Å²) in [5.41, 5.74) is 1.17. The Morgan fingerprint density at radius 3 is 3.00 bits per heavy atom. The summed E-state index contributed by atoms with van der Waals surface area (Å²) < 4.78 is 1.58. The largest absolute Gasteiger partial charge is 0.309 e. The number of anilines is 1. The van der Waals surface area contributed by atoms with Gasteiger partial charge in [0.25, 0.3) is 0 Å². The molecule has 2 heterocycles. The van der Waals surface area contributed by atoms with Gasteiger partial charge in [-0.3, -0.25) is 4.79 Å². The number of amides is 1. The maximum absolute atomic E-state index is 10.8. The van der Waals surface area contributed by atoms with E-state index in [4.69, 9.17) is 0 Å². The smallest absolute Gasteiger partial charge is 0.222 e. The van der Waals surface area contributed by atoms with E-state index >= 15 is 0 Å². The zero-order chi connectivity index (χ0) is 10.1. The molecule has 0 atom stereocenters. The number of nitrogens with one attached hydrogen (secondary N) is 1. The lowest BCUT2D eigenvalue weighted by Gasteiger charge is -1.99. The molecular weight excluding hydrogens is 250 g/mol. The third-order valence-corrected chi connectivity index (χ3v) is 2.11. The Morgan fingerprint density at radius 1 is 1.50 bits per heavy atom. The van der Waals surface area contributed by atoms with E-state index in [0.717, 1.165) is 0 Å². The van der Waals surface area contributed by atoms with E-state index in [1.807, 2.05) is 0 Å². The molecule has 2 aromatic rings. The minimum atomic E-state index is -0.186. The van der Waals surface area contributed by atoms with Crippen molar-refractivity contribution in [1.29, 1.82) is 0 Å². The van der Waals surface area contributed by atoms with Gasteiger partial charge in [0.15, 0.2) is 17.0 Å². The van der Waals surface area contributed by atoms with E-state index in [1.54, 1.807) is 9.92 Å². The lowest BCUT2D eigenvalue weighted by Crippen LogP contribution is -2.08. The normalized spacial score (nSPS) is 10.4. The van der Waals surface area contributed by atoms with Gasteiger partial charge in [0.05, 0.1) is 16.1 Å². The number of imidazole rings is 1. The molecule has 0 aromatic carbocycles. The second-order valence-electron chi connectivity index (χ2n) is 2.63. The molecule has 0 saturated carbocycles. The molecule has 6 nitrogen and oxygen atoms in total. The second-order valence-corrected chi connectivity index (χ2v) is 3.40. The van der Waals surface area contributed by atoms with Crippen LogP contribution >= 0.6 is 16.1 Å². The van der Waals surface area contributed by atoms with Crippen molar-refractivity contribution >= 4 is 39.0 Å². The van der Waals surface area contributed by atoms with E-state index in [9.17, 15) is 4.79 Å². The molecule has 0 aliphatic carbocycles. The molecule has 2 aromatic heterocycles. The van der Waals surface area contributed by atoms with E-state index < -0.39 is 0 Å². The highest BCUT2D eigenvalue weighted by atomic mass is 79.9. The van der Waals surface area contributed by atoms with Crippen molar-refractivity contribution in [1.82, 2.24) is 18.5 Å². The molecule has 1 amide bonds. The van der Waals surface area contributed by atoms with Crippen molar-refractivity contribution in [2.24, 2.45) is 0 Å². The van der Waals surface area contributed by atoms with Gasteiger partial charge < -0.3 is 5.32 Å². The number of halogens is 1. The predicted octanol–water partition coefficient (Wildman–Crippen LogP) is 0.943. The summed E-state index contributed by atoms with van der Waals surface area (Å²) in [4.78, 5) is 22.8. The zero-order valence-corrected chi connectivity index (χ0v) is 8.82. The first-order valence-electron chi connectivity index (χ1n) is 3.80. The fourth-order valence-corrected chi connectivity index (χ4v) is 1.42. The van der Waals surface area contributed by atoms with Crippen LogP contribution in [-0.2, 0) is 4.79 Å². The van der Waals surface area contributed by atoms with Crippen molar-refractivity contribution in [2.75, 3.05) is 5.32 Å². The van der Waals surface area contributed by atoms with E-state index in [1.165, 1.54) is 13.3 Å². The Kier molecular flexibility index (Phi) is 2.16. The Morgan fingerprint density at radius 2 is 2.29 bits per heavy atom. The maximum Gasteiger partial charge on any atom is 0.222 e. The molecule has 14 heavy (non-hydrogen) atoms. The van der Waals surface area contributed by atoms with Crippen LogP contribution in [0, 0.1) is 0 Å². The van der Waals surface area contributed by atoms with Gasteiger partial charge in [0.2, 0.25) is 5.91 Å². The fraction of sp³-hybridized carbons (Fsp3) is 0.143. The van der Waals surface area contributed by atoms with Crippen molar-refractivity contribution in [3.05, 3.63) is 12.7 Å². The molecule has 0 unspecified atom stereocenters. The van der Waals surface area contributed by atoms with E-state index in [2.05, 4.69) is 36.4 Å². The molecule has 72 valence electrons. The fourth-order valence-electron chi connectivity index (χ4n) is 1.07. The highest BCUT2D eigenvalue weighted by molar-refractivity contribution is 9.08. The van der Waals surface area contributed by atoms with Crippen LogP contribution in [0.1, 0.15) is 6.92 Å². The summed E-state index contributed by atoms with van der Waals surface area (Å²) in [7, 11) is 0. The van der Waals surface area contributed by atoms with Gasteiger partial charge in [-0.2, -0.15) is 0 Å². The van der Waals surface area contributed by atoms with Crippen molar-refractivity contribution in [2.45, 2.75) is 6.92 Å². The lowest BCUT2D eigenvalue weighted by atomic mass is 10.5. The Balaban J connectivity index is 2.59. The van der Waals surface area contributed by atoms with Crippen molar-refractivity contribution in [3.63, 3.8) is 0 Å². The molecule has 7 heteroatoms. The molecule has 1 N–H and O–H groups in total. The van der Waals surface area contributed by atoms with E-state index in [0.29, 0.717) is 17.0 Å². The average molecular weight is 256 g/mol. The number of carbonyl (C=O) groups is 1. The van der Waals surface area contributed by atoms with Crippen LogP contribution < -0.4 is 5.32 Å². The quantitative estimate of drug-likeness (QED) is 0.824. The van der Waals surface area contributed by atoms with Crippen LogP contribution in [-0.4, -0.2) is 24.5 Å².